The molecule has 0 aromatic heterocycles. The zero-order chi connectivity index (χ0) is 13.2. The molecule has 1 nitrogen and oxygen atoms in total. The van der Waals surface area contributed by atoms with E-state index in [0.717, 1.165) is 19.1 Å². The quantitative estimate of drug-likeness (QED) is 0.804. The highest BCUT2D eigenvalue weighted by molar-refractivity contribution is 6.33. The molecule has 1 unspecified atom stereocenters. The molecule has 0 bridgehead atoms. The number of benzene rings is 1. The third kappa shape index (κ3) is 3.73. The fraction of sp³-hybridized carbons (Fsp3) is 0.400. The number of nitrogens with one attached hydrogen (secondary N) is 1. The van der Waals surface area contributed by atoms with Crippen LogP contribution in [0.4, 0.5) is 27.6 Å². The molecule has 0 fully saturated rings. The van der Waals surface area contributed by atoms with Crippen LogP contribution in [0.15, 0.2) is 18.2 Å². The highest BCUT2D eigenvalue weighted by atomic mass is 35.5. The monoisotopic (exact) mass is 273 g/mol. The zero-order valence-corrected chi connectivity index (χ0v) is 9.41. The van der Waals surface area contributed by atoms with E-state index in [9.17, 15) is 22.0 Å². The molecule has 0 spiro atoms. The first-order valence-corrected chi connectivity index (χ1v) is 5.01. The molecule has 0 aliphatic carbocycles. The summed E-state index contributed by atoms with van der Waals surface area (Å²) in [5.74, 6) is 0. The third-order valence-corrected chi connectivity index (χ3v) is 2.38. The lowest BCUT2D eigenvalue weighted by atomic mass is 10.2. The van der Waals surface area contributed by atoms with Crippen molar-refractivity contribution in [1.82, 2.24) is 0 Å². The Morgan fingerprint density at radius 3 is 2.29 bits per heavy atom. The van der Waals surface area contributed by atoms with Crippen molar-refractivity contribution in [3.8, 4) is 0 Å². The Morgan fingerprint density at radius 1 is 1.24 bits per heavy atom. The Labute approximate surface area is 99.6 Å². The van der Waals surface area contributed by atoms with E-state index in [1.165, 1.54) is 0 Å². The van der Waals surface area contributed by atoms with Crippen molar-refractivity contribution in [3.05, 3.63) is 28.8 Å². The SMILES string of the molecule is CC(Nc1cc(C(F)(F)F)ccc1Cl)C(F)F. The van der Waals surface area contributed by atoms with Crippen molar-refractivity contribution in [2.24, 2.45) is 0 Å². The van der Waals surface area contributed by atoms with Gasteiger partial charge in [-0.15, -0.1) is 0 Å². The summed E-state index contributed by atoms with van der Waals surface area (Å²) in [5, 5.41) is 2.20. The first-order chi connectivity index (χ1) is 7.71. The van der Waals surface area contributed by atoms with E-state index in [1.807, 2.05) is 0 Å². The summed E-state index contributed by atoms with van der Waals surface area (Å²) in [6, 6.07) is 1.24. The summed E-state index contributed by atoms with van der Waals surface area (Å²) >= 11 is 5.62. The Kier molecular flexibility index (Phi) is 4.19. The van der Waals surface area contributed by atoms with E-state index in [2.05, 4.69) is 5.32 Å². The molecular formula is C10H9ClF5N. The second-order valence-corrected chi connectivity index (χ2v) is 3.87. The number of hydrogen-bond acceptors (Lipinski definition) is 1. The van der Waals surface area contributed by atoms with Gasteiger partial charge in [-0.2, -0.15) is 13.2 Å². The summed E-state index contributed by atoms with van der Waals surface area (Å²) in [4.78, 5) is 0. The number of halogens is 6. The minimum atomic E-state index is -4.53. The van der Waals surface area contributed by atoms with Gasteiger partial charge in [0.25, 0.3) is 6.43 Å². The zero-order valence-electron chi connectivity index (χ0n) is 8.65. The van der Waals surface area contributed by atoms with Gasteiger partial charge >= 0.3 is 6.18 Å². The predicted molar refractivity (Wildman–Crippen MR) is 55.5 cm³/mol. The Balaban J connectivity index is 2.99. The number of hydrogen-bond donors (Lipinski definition) is 1. The second kappa shape index (κ2) is 5.08. The van der Waals surface area contributed by atoms with Crippen LogP contribution in [-0.4, -0.2) is 12.5 Å². The van der Waals surface area contributed by atoms with Crippen LogP contribution in [0.3, 0.4) is 0 Å². The van der Waals surface area contributed by atoms with Crippen molar-refractivity contribution in [3.63, 3.8) is 0 Å². The van der Waals surface area contributed by atoms with Crippen LogP contribution in [0, 0.1) is 0 Å². The van der Waals surface area contributed by atoms with Crippen LogP contribution in [0.2, 0.25) is 5.02 Å². The maximum atomic E-state index is 12.4. The predicted octanol–water partition coefficient (Wildman–Crippen LogP) is 4.42. The number of rotatable bonds is 3. The molecule has 0 saturated carbocycles. The fourth-order valence-corrected chi connectivity index (χ4v) is 1.29. The largest absolute Gasteiger partial charge is 0.416 e. The van der Waals surface area contributed by atoms with Crippen LogP contribution < -0.4 is 5.32 Å². The van der Waals surface area contributed by atoms with Gasteiger partial charge in [0.1, 0.15) is 0 Å². The number of anilines is 1. The Bertz CT molecular complexity index is 391. The smallest absolute Gasteiger partial charge is 0.376 e. The van der Waals surface area contributed by atoms with Crippen molar-refractivity contribution >= 4 is 17.3 Å². The van der Waals surface area contributed by atoms with Gasteiger partial charge in [0.2, 0.25) is 0 Å². The molecule has 0 aliphatic rings. The standard InChI is InChI=1S/C10H9ClF5N/c1-5(9(12)13)17-8-4-6(10(14,15)16)2-3-7(8)11/h2-5,9,17H,1H3. The lowest BCUT2D eigenvalue weighted by molar-refractivity contribution is -0.137. The molecule has 0 amide bonds. The van der Waals surface area contributed by atoms with Crippen molar-refractivity contribution in [2.45, 2.75) is 25.6 Å². The molecule has 1 aromatic rings. The molecule has 1 rings (SSSR count). The minimum absolute atomic E-state index is 0.0366. The summed E-state index contributed by atoms with van der Waals surface area (Å²) in [5.41, 5.74) is -1.10. The van der Waals surface area contributed by atoms with Crippen LogP contribution >= 0.6 is 11.6 Å². The van der Waals surface area contributed by atoms with Gasteiger partial charge in [-0.05, 0) is 25.1 Å². The van der Waals surface area contributed by atoms with Crippen molar-refractivity contribution in [2.75, 3.05) is 5.32 Å². The van der Waals surface area contributed by atoms with Gasteiger partial charge in [-0.3, -0.25) is 0 Å². The highest BCUT2D eigenvalue weighted by Crippen LogP contribution is 2.34. The molecule has 0 aliphatic heterocycles. The molecular weight excluding hydrogens is 265 g/mol. The summed E-state index contributed by atoms with van der Waals surface area (Å²) in [7, 11) is 0. The average molecular weight is 274 g/mol. The summed E-state index contributed by atoms with van der Waals surface area (Å²) < 4.78 is 61.6. The van der Waals surface area contributed by atoms with E-state index < -0.39 is 24.2 Å². The van der Waals surface area contributed by atoms with E-state index >= 15 is 0 Å². The van der Waals surface area contributed by atoms with Gasteiger partial charge in [-0.1, -0.05) is 11.6 Å². The summed E-state index contributed by atoms with van der Waals surface area (Å²) in [6.07, 6.45) is -7.23. The fourth-order valence-electron chi connectivity index (χ4n) is 1.12. The van der Waals surface area contributed by atoms with Crippen LogP contribution in [-0.2, 0) is 6.18 Å². The van der Waals surface area contributed by atoms with Crippen LogP contribution in [0.5, 0.6) is 0 Å². The molecule has 1 aromatic carbocycles. The molecule has 1 atom stereocenters. The van der Waals surface area contributed by atoms with Crippen LogP contribution in [0.25, 0.3) is 0 Å². The van der Waals surface area contributed by atoms with Crippen LogP contribution in [0.1, 0.15) is 12.5 Å². The van der Waals surface area contributed by atoms with Gasteiger partial charge in [0, 0.05) is 0 Å². The van der Waals surface area contributed by atoms with E-state index in [0.29, 0.717) is 6.07 Å². The molecule has 0 saturated heterocycles. The van der Waals surface area contributed by atoms with Gasteiger partial charge in [-0.25, -0.2) is 8.78 Å². The number of alkyl halides is 5. The Morgan fingerprint density at radius 2 is 1.82 bits per heavy atom. The van der Waals surface area contributed by atoms with Gasteiger partial charge in [0.05, 0.1) is 22.3 Å². The van der Waals surface area contributed by atoms with E-state index in [-0.39, 0.29) is 10.7 Å². The van der Waals surface area contributed by atoms with E-state index in [4.69, 9.17) is 11.6 Å². The third-order valence-electron chi connectivity index (χ3n) is 2.05. The lowest BCUT2D eigenvalue weighted by Gasteiger charge is -2.17. The van der Waals surface area contributed by atoms with Gasteiger partial charge < -0.3 is 5.32 Å². The molecule has 1 N–H and O–H groups in total. The molecule has 7 heteroatoms. The van der Waals surface area contributed by atoms with E-state index in [1.54, 1.807) is 0 Å². The molecule has 17 heavy (non-hydrogen) atoms. The normalized spacial score (nSPS) is 13.9. The molecule has 0 radical (unpaired) electrons. The summed E-state index contributed by atoms with van der Waals surface area (Å²) in [6.45, 7) is 1.15. The second-order valence-electron chi connectivity index (χ2n) is 3.46. The molecule has 0 heterocycles. The maximum absolute atomic E-state index is 12.4. The maximum Gasteiger partial charge on any atom is 0.416 e. The van der Waals surface area contributed by atoms with Crippen molar-refractivity contribution in [1.29, 1.82) is 0 Å². The van der Waals surface area contributed by atoms with Crippen molar-refractivity contribution < 1.29 is 22.0 Å². The minimum Gasteiger partial charge on any atom is -0.376 e. The van der Waals surface area contributed by atoms with Gasteiger partial charge in [0.15, 0.2) is 0 Å². The first kappa shape index (κ1) is 14.0. The molecule has 96 valence electrons. The first-order valence-electron chi connectivity index (χ1n) is 4.63. The lowest BCUT2D eigenvalue weighted by Crippen LogP contribution is -2.24. The highest BCUT2D eigenvalue weighted by Gasteiger charge is 2.31. The topological polar surface area (TPSA) is 12.0 Å². The average Bonchev–Trinajstić information content (AvgIpc) is 2.19. The Hall–Kier alpha value is -1.04.